The van der Waals surface area contributed by atoms with Crippen molar-refractivity contribution in [2.75, 3.05) is 0 Å². The molecule has 0 bridgehead atoms. The van der Waals surface area contributed by atoms with E-state index >= 15 is 0 Å². The fourth-order valence-electron chi connectivity index (χ4n) is 0.996. The summed E-state index contributed by atoms with van der Waals surface area (Å²) in [5, 5.41) is 0.524. The van der Waals surface area contributed by atoms with Crippen LogP contribution in [0.3, 0.4) is 0 Å². The number of aryl methyl sites for hydroxylation is 1. The third-order valence-corrected chi connectivity index (χ3v) is 3.09. The van der Waals surface area contributed by atoms with Gasteiger partial charge in [-0.25, -0.2) is 9.97 Å². The Morgan fingerprint density at radius 3 is 3.00 bits per heavy atom. The Kier molecular flexibility index (Phi) is 2.06. The lowest BCUT2D eigenvalue weighted by Crippen LogP contribution is -1.80. The van der Waals surface area contributed by atoms with E-state index in [0.29, 0.717) is 5.15 Å². The van der Waals surface area contributed by atoms with E-state index in [1.54, 1.807) is 0 Å². The molecule has 0 N–H and O–H groups in total. The molecule has 62 valence electrons. The summed E-state index contributed by atoms with van der Waals surface area (Å²) in [7, 11) is 0. The van der Waals surface area contributed by atoms with Gasteiger partial charge >= 0.3 is 0 Å². The van der Waals surface area contributed by atoms with Crippen LogP contribution in [-0.2, 0) is 0 Å². The number of hydrogen-bond donors (Lipinski definition) is 0. The number of hydrogen-bond acceptors (Lipinski definition) is 3. The van der Waals surface area contributed by atoms with Crippen LogP contribution in [0.5, 0.6) is 0 Å². The van der Waals surface area contributed by atoms with Gasteiger partial charge in [-0.1, -0.05) is 22.9 Å². The first-order chi connectivity index (χ1) is 5.66. The summed E-state index contributed by atoms with van der Waals surface area (Å²) < 4.78 is 0.843. The molecule has 0 amide bonds. The Hall–Kier alpha value is -0.190. The normalized spacial score (nSPS) is 10.9. The van der Waals surface area contributed by atoms with Crippen LogP contribution in [0, 0.1) is 6.92 Å². The zero-order chi connectivity index (χ0) is 8.72. The van der Waals surface area contributed by atoms with E-state index in [2.05, 4.69) is 25.9 Å². The van der Waals surface area contributed by atoms with Crippen molar-refractivity contribution < 1.29 is 0 Å². The number of pyridine rings is 1. The first-order valence-electron chi connectivity index (χ1n) is 3.26. The van der Waals surface area contributed by atoms with E-state index in [1.165, 1.54) is 11.3 Å². The van der Waals surface area contributed by atoms with Crippen LogP contribution in [0.15, 0.2) is 9.98 Å². The zero-order valence-corrected chi connectivity index (χ0v) is 9.29. The minimum Gasteiger partial charge on any atom is -0.227 e. The molecular weight excluding hydrogens is 260 g/mol. The van der Waals surface area contributed by atoms with Crippen LogP contribution in [0.4, 0.5) is 0 Å². The molecule has 0 spiro atoms. The van der Waals surface area contributed by atoms with Crippen molar-refractivity contribution in [3.05, 3.63) is 20.7 Å². The van der Waals surface area contributed by atoms with Crippen LogP contribution >= 0.6 is 38.9 Å². The summed E-state index contributed by atoms with van der Waals surface area (Å²) in [5.41, 5.74) is 1.99. The number of rotatable bonds is 0. The van der Waals surface area contributed by atoms with E-state index in [9.17, 15) is 0 Å². The summed E-state index contributed by atoms with van der Waals surface area (Å²) in [5.74, 6) is 0. The largest absolute Gasteiger partial charge is 0.227 e. The van der Waals surface area contributed by atoms with Crippen molar-refractivity contribution in [2.24, 2.45) is 0 Å². The fraction of sp³-hybridized carbons (Fsp3) is 0.143. The Balaban J connectivity index is 2.88. The van der Waals surface area contributed by atoms with Gasteiger partial charge in [0, 0.05) is 0 Å². The quantitative estimate of drug-likeness (QED) is 0.681. The molecular formula is C7H4BrClN2S. The van der Waals surface area contributed by atoms with Crippen LogP contribution in [0.25, 0.3) is 10.3 Å². The van der Waals surface area contributed by atoms with Crippen molar-refractivity contribution >= 4 is 49.2 Å². The van der Waals surface area contributed by atoms with Gasteiger partial charge in [-0.3, -0.25) is 0 Å². The maximum atomic E-state index is 5.79. The van der Waals surface area contributed by atoms with Gasteiger partial charge in [-0.2, -0.15) is 0 Å². The topological polar surface area (TPSA) is 25.8 Å². The van der Waals surface area contributed by atoms with E-state index in [0.717, 1.165) is 19.8 Å². The third-order valence-electron chi connectivity index (χ3n) is 1.50. The van der Waals surface area contributed by atoms with E-state index in [1.807, 2.05) is 13.0 Å². The highest BCUT2D eigenvalue weighted by Crippen LogP contribution is 2.27. The van der Waals surface area contributed by atoms with Crippen LogP contribution in [0.1, 0.15) is 5.56 Å². The molecule has 2 aromatic heterocycles. The second-order valence-electron chi connectivity index (χ2n) is 2.38. The molecule has 0 saturated heterocycles. The minimum absolute atomic E-state index is 0.524. The Morgan fingerprint density at radius 2 is 2.25 bits per heavy atom. The molecule has 0 unspecified atom stereocenters. The fourth-order valence-corrected chi connectivity index (χ4v) is 2.67. The van der Waals surface area contributed by atoms with Gasteiger partial charge in [0.15, 0.2) is 3.92 Å². The summed E-state index contributed by atoms with van der Waals surface area (Å²) in [4.78, 5) is 9.30. The molecule has 0 aromatic carbocycles. The number of aromatic nitrogens is 2. The smallest absolute Gasteiger partial charge is 0.161 e. The van der Waals surface area contributed by atoms with Crippen molar-refractivity contribution in [3.8, 4) is 0 Å². The minimum atomic E-state index is 0.524. The molecule has 0 fully saturated rings. The summed E-state index contributed by atoms with van der Waals surface area (Å²) >= 11 is 10.6. The first kappa shape index (κ1) is 8.41. The second kappa shape index (κ2) is 2.94. The molecule has 2 rings (SSSR count). The van der Waals surface area contributed by atoms with E-state index in [-0.39, 0.29) is 0 Å². The van der Waals surface area contributed by atoms with Gasteiger partial charge in [0.1, 0.15) is 15.5 Å². The Bertz CT molecular complexity index is 440. The van der Waals surface area contributed by atoms with E-state index in [4.69, 9.17) is 11.6 Å². The molecule has 2 heterocycles. The zero-order valence-electron chi connectivity index (χ0n) is 6.14. The predicted molar refractivity (Wildman–Crippen MR) is 54.9 cm³/mol. The van der Waals surface area contributed by atoms with Crippen LogP contribution in [-0.4, -0.2) is 9.97 Å². The lowest BCUT2D eigenvalue weighted by Gasteiger charge is -1.93. The monoisotopic (exact) mass is 262 g/mol. The van der Waals surface area contributed by atoms with Gasteiger partial charge in [-0.05, 0) is 34.5 Å². The van der Waals surface area contributed by atoms with Crippen molar-refractivity contribution in [1.82, 2.24) is 9.97 Å². The Morgan fingerprint density at radius 1 is 1.50 bits per heavy atom. The van der Waals surface area contributed by atoms with Gasteiger partial charge in [0.25, 0.3) is 0 Å². The third kappa shape index (κ3) is 1.34. The van der Waals surface area contributed by atoms with E-state index < -0.39 is 0 Å². The lowest BCUT2D eigenvalue weighted by molar-refractivity contribution is 1.34. The average molecular weight is 264 g/mol. The van der Waals surface area contributed by atoms with Crippen LogP contribution < -0.4 is 0 Å². The number of fused-ring (bicyclic) bond motifs is 1. The van der Waals surface area contributed by atoms with Crippen molar-refractivity contribution in [1.29, 1.82) is 0 Å². The van der Waals surface area contributed by atoms with Crippen molar-refractivity contribution in [3.63, 3.8) is 0 Å². The molecule has 0 atom stereocenters. The van der Waals surface area contributed by atoms with Gasteiger partial charge in [0.05, 0.1) is 0 Å². The highest BCUT2D eigenvalue weighted by atomic mass is 79.9. The Labute approximate surface area is 86.7 Å². The lowest BCUT2D eigenvalue weighted by atomic mass is 10.3. The van der Waals surface area contributed by atoms with Crippen LogP contribution in [0.2, 0.25) is 5.15 Å². The second-order valence-corrected chi connectivity index (χ2v) is 5.02. The average Bonchev–Trinajstić information content (AvgIpc) is 2.29. The maximum Gasteiger partial charge on any atom is 0.161 e. The molecule has 2 aromatic rings. The molecule has 0 aliphatic carbocycles. The predicted octanol–water partition coefficient (Wildman–Crippen LogP) is 3.42. The maximum absolute atomic E-state index is 5.79. The molecule has 0 saturated carbocycles. The summed E-state index contributed by atoms with van der Waals surface area (Å²) in [6.45, 7) is 1.97. The standard InChI is InChI=1S/C7H4BrClN2S/c1-3-2-4(9)10-6-5(3)11-7(8)12-6/h2H,1H3. The highest BCUT2D eigenvalue weighted by Gasteiger charge is 2.06. The highest BCUT2D eigenvalue weighted by molar-refractivity contribution is 9.11. The molecule has 12 heavy (non-hydrogen) atoms. The molecule has 2 nitrogen and oxygen atoms in total. The SMILES string of the molecule is Cc1cc(Cl)nc2sc(Br)nc12. The number of halogens is 2. The number of nitrogens with zero attached hydrogens (tertiary/aromatic N) is 2. The molecule has 0 aliphatic heterocycles. The molecule has 5 heteroatoms. The molecule has 0 radical (unpaired) electrons. The van der Waals surface area contributed by atoms with Gasteiger partial charge in [0.2, 0.25) is 0 Å². The van der Waals surface area contributed by atoms with Gasteiger partial charge < -0.3 is 0 Å². The number of thiazole rings is 1. The van der Waals surface area contributed by atoms with Gasteiger partial charge in [-0.15, -0.1) is 0 Å². The molecule has 0 aliphatic rings. The van der Waals surface area contributed by atoms with Crippen molar-refractivity contribution in [2.45, 2.75) is 6.92 Å². The summed E-state index contributed by atoms with van der Waals surface area (Å²) in [6, 6.07) is 1.82. The summed E-state index contributed by atoms with van der Waals surface area (Å²) in [6.07, 6.45) is 0. The first-order valence-corrected chi connectivity index (χ1v) is 5.25.